The normalized spacial score (nSPS) is 18.4. The van der Waals surface area contributed by atoms with E-state index >= 15 is 0 Å². The van der Waals surface area contributed by atoms with E-state index in [4.69, 9.17) is 10.5 Å². The highest BCUT2D eigenvalue weighted by Crippen LogP contribution is 2.25. The quantitative estimate of drug-likeness (QED) is 0.900. The molecule has 0 spiro atoms. The van der Waals surface area contributed by atoms with E-state index in [1.54, 1.807) is 24.1 Å². The molecule has 1 aromatic carbocycles. The van der Waals surface area contributed by atoms with Gasteiger partial charge >= 0.3 is 0 Å². The number of carbonyl (C=O) groups is 1. The Morgan fingerprint density at radius 1 is 1.56 bits per heavy atom. The van der Waals surface area contributed by atoms with Gasteiger partial charge in [-0.2, -0.15) is 0 Å². The van der Waals surface area contributed by atoms with Crippen LogP contribution in [0, 0.1) is 0 Å². The fourth-order valence-corrected chi connectivity index (χ4v) is 2.32. The van der Waals surface area contributed by atoms with E-state index in [9.17, 15) is 4.79 Å². The number of rotatable bonds is 2. The topological polar surface area (TPSA) is 55.6 Å². The summed E-state index contributed by atoms with van der Waals surface area (Å²) < 4.78 is 6.12. The van der Waals surface area contributed by atoms with Crippen molar-refractivity contribution in [3.8, 4) is 5.75 Å². The van der Waals surface area contributed by atoms with Gasteiger partial charge in [0.1, 0.15) is 5.75 Å². The maximum absolute atomic E-state index is 12.3. The highest BCUT2D eigenvalue weighted by Gasteiger charge is 2.26. The lowest BCUT2D eigenvalue weighted by Crippen LogP contribution is -2.32. The van der Waals surface area contributed by atoms with Crippen molar-refractivity contribution in [2.75, 3.05) is 20.2 Å². The van der Waals surface area contributed by atoms with Crippen LogP contribution in [0.15, 0.2) is 22.7 Å². The van der Waals surface area contributed by atoms with Crippen LogP contribution in [0.1, 0.15) is 16.8 Å². The minimum atomic E-state index is -0.0118. The molecule has 1 amide bonds. The van der Waals surface area contributed by atoms with E-state index < -0.39 is 0 Å². The van der Waals surface area contributed by atoms with E-state index in [1.165, 1.54) is 0 Å². The fourth-order valence-electron chi connectivity index (χ4n) is 1.98. The summed E-state index contributed by atoms with van der Waals surface area (Å²) in [5.41, 5.74) is 6.39. The Morgan fingerprint density at radius 3 is 2.83 bits per heavy atom. The summed E-state index contributed by atoms with van der Waals surface area (Å²) in [6, 6.07) is 5.50. The van der Waals surface area contributed by atoms with Crippen LogP contribution in [0.25, 0.3) is 0 Å². The molecule has 2 rings (SSSR count). The molecule has 100 valence electrons. The Morgan fingerprint density at radius 2 is 2.28 bits per heavy atom. The van der Waals surface area contributed by atoms with Gasteiger partial charge in [-0.1, -0.05) is 15.9 Å². The van der Waals surface area contributed by atoms with Crippen LogP contribution in [-0.4, -0.2) is 37.0 Å². The van der Waals surface area contributed by atoms with Gasteiger partial charge in [0.25, 0.3) is 5.91 Å². The van der Waals surface area contributed by atoms with Crippen molar-refractivity contribution in [2.45, 2.75) is 12.5 Å². The molecule has 2 N–H and O–H groups in total. The molecule has 1 aromatic rings. The van der Waals surface area contributed by atoms with Crippen molar-refractivity contribution in [1.82, 2.24) is 4.90 Å². The van der Waals surface area contributed by atoms with E-state index in [2.05, 4.69) is 15.9 Å². The molecule has 0 unspecified atom stereocenters. The fraction of sp³-hybridized carbons (Fsp3) is 0.417. The zero-order valence-electron chi connectivity index (χ0n) is 10.1. The smallest absolute Gasteiger partial charge is 0.257 e. The summed E-state index contributed by atoms with van der Waals surface area (Å²) in [7, 11) is 1.56. The molecule has 1 fully saturated rings. The Hall–Kier alpha value is -0.780. The Kier molecular flexibility index (Phi) is 5.44. The van der Waals surface area contributed by atoms with Gasteiger partial charge in [-0.15, -0.1) is 12.4 Å². The largest absolute Gasteiger partial charge is 0.496 e. The predicted octanol–water partition coefficient (Wildman–Crippen LogP) is 2.05. The molecule has 6 heteroatoms. The molecule has 1 heterocycles. The number of hydrogen-bond donors (Lipinski definition) is 1. The van der Waals surface area contributed by atoms with Crippen LogP contribution in [0.2, 0.25) is 0 Å². The van der Waals surface area contributed by atoms with Crippen molar-refractivity contribution in [3.05, 3.63) is 28.2 Å². The molecule has 1 aliphatic heterocycles. The Labute approximate surface area is 121 Å². The lowest BCUT2D eigenvalue weighted by molar-refractivity contribution is 0.0787. The molecule has 0 saturated carbocycles. The molecular weight excluding hydrogens is 320 g/mol. The van der Waals surface area contributed by atoms with Gasteiger partial charge in [-0.05, 0) is 24.6 Å². The maximum Gasteiger partial charge on any atom is 0.257 e. The van der Waals surface area contributed by atoms with E-state index in [0.717, 1.165) is 17.4 Å². The summed E-state index contributed by atoms with van der Waals surface area (Å²) in [6.45, 7) is 1.34. The van der Waals surface area contributed by atoms with Gasteiger partial charge in [0.2, 0.25) is 0 Å². The van der Waals surface area contributed by atoms with Crippen molar-refractivity contribution in [2.24, 2.45) is 5.73 Å². The third-order valence-electron chi connectivity index (χ3n) is 2.91. The summed E-state index contributed by atoms with van der Waals surface area (Å²) in [4.78, 5) is 14.0. The lowest BCUT2D eigenvalue weighted by atomic mass is 10.2. The van der Waals surface area contributed by atoms with Gasteiger partial charge < -0.3 is 15.4 Å². The number of carbonyl (C=O) groups excluding carboxylic acids is 1. The molecule has 1 atom stereocenters. The average Bonchev–Trinajstić information content (AvgIpc) is 2.75. The number of likely N-dealkylation sites (tertiary alicyclic amines) is 1. The second-order valence-electron chi connectivity index (χ2n) is 4.14. The molecule has 0 bridgehead atoms. The first-order valence-electron chi connectivity index (χ1n) is 5.50. The van der Waals surface area contributed by atoms with Crippen LogP contribution >= 0.6 is 28.3 Å². The number of halogens is 2. The summed E-state index contributed by atoms with van der Waals surface area (Å²) >= 11 is 3.35. The summed E-state index contributed by atoms with van der Waals surface area (Å²) in [6.07, 6.45) is 0.866. The Bertz CT molecular complexity index is 442. The first-order valence-corrected chi connectivity index (χ1v) is 6.29. The molecule has 4 nitrogen and oxygen atoms in total. The van der Waals surface area contributed by atoms with Gasteiger partial charge in [-0.3, -0.25) is 4.79 Å². The van der Waals surface area contributed by atoms with Gasteiger partial charge in [0.15, 0.2) is 0 Å². The van der Waals surface area contributed by atoms with Gasteiger partial charge in [-0.25, -0.2) is 0 Å². The number of nitrogens with two attached hydrogens (primary N) is 1. The number of nitrogens with zero attached hydrogens (tertiary/aromatic N) is 1. The molecule has 0 aromatic heterocycles. The van der Waals surface area contributed by atoms with Gasteiger partial charge in [0, 0.05) is 23.6 Å². The Balaban J connectivity index is 0.00000162. The highest BCUT2D eigenvalue weighted by molar-refractivity contribution is 9.10. The van der Waals surface area contributed by atoms with Crippen LogP contribution in [0.4, 0.5) is 0 Å². The van der Waals surface area contributed by atoms with Crippen molar-refractivity contribution in [3.63, 3.8) is 0 Å². The summed E-state index contributed by atoms with van der Waals surface area (Å²) in [5.74, 6) is 0.576. The number of hydrogen-bond acceptors (Lipinski definition) is 3. The second kappa shape index (κ2) is 6.41. The van der Waals surface area contributed by atoms with Crippen molar-refractivity contribution in [1.29, 1.82) is 0 Å². The number of benzene rings is 1. The van der Waals surface area contributed by atoms with E-state index in [-0.39, 0.29) is 24.4 Å². The number of amides is 1. The first kappa shape index (κ1) is 15.3. The highest BCUT2D eigenvalue weighted by atomic mass is 79.9. The summed E-state index contributed by atoms with van der Waals surface area (Å²) in [5, 5.41) is 0. The van der Waals surface area contributed by atoms with Crippen LogP contribution < -0.4 is 10.5 Å². The maximum atomic E-state index is 12.3. The molecule has 1 aliphatic rings. The van der Waals surface area contributed by atoms with Crippen molar-refractivity contribution < 1.29 is 9.53 Å². The number of ether oxygens (including phenoxy) is 1. The SMILES string of the molecule is COc1cc(Br)ccc1C(=O)N1CC[C@@H](N)C1.Cl. The van der Waals surface area contributed by atoms with Crippen molar-refractivity contribution >= 4 is 34.2 Å². The zero-order chi connectivity index (χ0) is 12.4. The van der Waals surface area contributed by atoms with Crippen LogP contribution in [0.5, 0.6) is 5.75 Å². The second-order valence-corrected chi connectivity index (χ2v) is 5.06. The number of methoxy groups -OCH3 is 1. The van der Waals surface area contributed by atoms with Gasteiger partial charge in [0.05, 0.1) is 12.7 Å². The molecule has 18 heavy (non-hydrogen) atoms. The minimum absolute atomic E-state index is 0. The molecule has 1 saturated heterocycles. The third kappa shape index (κ3) is 3.16. The minimum Gasteiger partial charge on any atom is -0.496 e. The molecule has 0 aliphatic carbocycles. The molecular formula is C12H16BrClN2O2. The van der Waals surface area contributed by atoms with E-state index in [0.29, 0.717) is 17.9 Å². The molecule has 0 radical (unpaired) electrons. The first-order chi connectivity index (χ1) is 8.11. The predicted molar refractivity (Wildman–Crippen MR) is 76.4 cm³/mol. The monoisotopic (exact) mass is 334 g/mol. The van der Waals surface area contributed by atoms with Crippen LogP contribution in [0.3, 0.4) is 0 Å². The zero-order valence-corrected chi connectivity index (χ0v) is 12.5. The van der Waals surface area contributed by atoms with Crippen LogP contribution in [-0.2, 0) is 0 Å². The van der Waals surface area contributed by atoms with E-state index in [1.807, 2.05) is 6.07 Å². The third-order valence-corrected chi connectivity index (χ3v) is 3.40. The average molecular weight is 336 g/mol. The lowest BCUT2D eigenvalue weighted by Gasteiger charge is -2.17. The standard InChI is InChI=1S/C12H15BrN2O2.ClH/c1-17-11-6-8(13)2-3-10(11)12(16)15-5-4-9(14)7-15;/h2-3,6,9H,4-5,7,14H2,1H3;1H/t9-;/m1./s1.